The Morgan fingerprint density at radius 1 is 1.10 bits per heavy atom. The monoisotopic (exact) mass is 602 g/mol. The van der Waals surface area contributed by atoms with Crippen molar-refractivity contribution in [2.24, 2.45) is 4.99 Å². The summed E-state index contributed by atoms with van der Waals surface area (Å²) in [6.07, 6.45) is 1.86. The zero-order valence-electron chi connectivity index (χ0n) is 21.9. The summed E-state index contributed by atoms with van der Waals surface area (Å²) < 4.78 is 8.54. The predicted octanol–water partition coefficient (Wildman–Crippen LogP) is 4.71. The number of aromatic nitrogens is 1. The third-order valence-electron chi connectivity index (χ3n) is 6.46. The molecule has 9 heteroatoms. The Balaban J connectivity index is 1.67. The van der Waals surface area contributed by atoms with Gasteiger partial charge in [-0.05, 0) is 76.5 Å². The second-order valence-electron chi connectivity index (χ2n) is 9.28. The van der Waals surface area contributed by atoms with Crippen LogP contribution in [0.25, 0.3) is 6.08 Å². The fourth-order valence-electron chi connectivity index (χ4n) is 4.59. The molecule has 5 rings (SSSR count). The molecule has 1 atom stereocenters. The quantitative estimate of drug-likeness (QED) is 0.347. The van der Waals surface area contributed by atoms with Crippen molar-refractivity contribution >= 4 is 50.6 Å². The molecular weight excluding hydrogens is 576 g/mol. The molecule has 3 aromatic carbocycles. The van der Waals surface area contributed by atoms with Crippen LogP contribution in [0.1, 0.15) is 24.1 Å². The number of anilines is 2. The van der Waals surface area contributed by atoms with E-state index in [2.05, 4.69) is 21.2 Å². The SMILES string of the molecule is COc1cccc(C2C(C(=O)Nc3ccccc3)=C(C)N=c3sc(=Cc4ccc(N(C)C)c(Br)c4)c(=O)n32)c1. The summed E-state index contributed by atoms with van der Waals surface area (Å²) in [6, 6.07) is 22.0. The fourth-order valence-corrected chi connectivity index (χ4v) is 6.38. The number of hydrogen-bond donors (Lipinski definition) is 1. The number of allylic oxidation sites excluding steroid dienone is 1. The van der Waals surface area contributed by atoms with Crippen LogP contribution in [-0.4, -0.2) is 31.7 Å². The van der Waals surface area contributed by atoms with E-state index in [1.807, 2.05) is 97.9 Å². The van der Waals surface area contributed by atoms with Crippen molar-refractivity contribution in [2.45, 2.75) is 13.0 Å². The molecule has 4 aromatic rings. The molecule has 1 aliphatic heterocycles. The standard InChI is InChI=1S/C30H27BrN4O3S/c1-18-26(28(36)33-21-10-6-5-7-11-21)27(20-9-8-12-22(17-20)38-4)35-29(37)25(39-30(35)32-18)16-19-13-14-24(34(2)3)23(31)15-19/h5-17,27H,1-4H3,(H,33,36). The number of ether oxygens (including phenoxy) is 1. The summed E-state index contributed by atoms with van der Waals surface area (Å²) in [5.74, 6) is 0.325. The summed E-state index contributed by atoms with van der Waals surface area (Å²) in [6.45, 7) is 1.81. The maximum Gasteiger partial charge on any atom is 0.271 e. The molecule has 39 heavy (non-hydrogen) atoms. The Hall–Kier alpha value is -3.95. The first-order valence-electron chi connectivity index (χ1n) is 12.3. The molecule has 1 amide bonds. The highest BCUT2D eigenvalue weighted by atomic mass is 79.9. The van der Waals surface area contributed by atoms with Gasteiger partial charge in [0.25, 0.3) is 11.5 Å². The second kappa shape index (κ2) is 11.0. The molecule has 0 saturated heterocycles. The van der Waals surface area contributed by atoms with Gasteiger partial charge >= 0.3 is 0 Å². The van der Waals surface area contributed by atoms with Gasteiger partial charge in [-0.15, -0.1) is 0 Å². The molecule has 0 aliphatic carbocycles. The average Bonchev–Trinajstić information content (AvgIpc) is 3.22. The summed E-state index contributed by atoms with van der Waals surface area (Å²) in [4.78, 5) is 34.9. The molecule has 0 spiro atoms. The average molecular weight is 604 g/mol. The lowest BCUT2D eigenvalue weighted by molar-refractivity contribution is -0.113. The number of fused-ring (bicyclic) bond motifs is 1. The van der Waals surface area contributed by atoms with E-state index >= 15 is 0 Å². The first-order chi connectivity index (χ1) is 18.8. The van der Waals surface area contributed by atoms with E-state index in [0.29, 0.717) is 32.0 Å². The van der Waals surface area contributed by atoms with E-state index in [1.165, 1.54) is 11.3 Å². The number of thiazole rings is 1. The van der Waals surface area contributed by atoms with Gasteiger partial charge in [0.15, 0.2) is 4.80 Å². The zero-order chi connectivity index (χ0) is 27.7. The van der Waals surface area contributed by atoms with Gasteiger partial charge in [-0.25, -0.2) is 4.99 Å². The molecule has 1 unspecified atom stereocenters. The summed E-state index contributed by atoms with van der Waals surface area (Å²) in [5.41, 5.74) is 4.09. The molecule has 0 fully saturated rings. The van der Waals surface area contributed by atoms with Crippen molar-refractivity contribution in [1.82, 2.24) is 4.57 Å². The van der Waals surface area contributed by atoms with E-state index in [1.54, 1.807) is 18.6 Å². The topological polar surface area (TPSA) is 75.9 Å². The normalized spacial score (nSPS) is 15.0. The lowest BCUT2D eigenvalue weighted by Crippen LogP contribution is -2.40. The third-order valence-corrected chi connectivity index (χ3v) is 8.08. The van der Waals surface area contributed by atoms with Gasteiger partial charge < -0.3 is 15.0 Å². The lowest BCUT2D eigenvalue weighted by atomic mass is 9.95. The van der Waals surface area contributed by atoms with Gasteiger partial charge in [0, 0.05) is 24.3 Å². The maximum atomic E-state index is 13.9. The molecule has 1 aliphatic rings. The smallest absolute Gasteiger partial charge is 0.271 e. The third kappa shape index (κ3) is 5.32. The lowest BCUT2D eigenvalue weighted by Gasteiger charge is -2.25. The number of halogens is 1. The Kier molecular flexibility index (Phi) is 7.54. The molecule has 0 radical (unpaired) electrons. The number of benzene rings is 3. The van der Waals surface area contributed by atoms with E-state index in [-0.39, 0.29) is 11.5 Å². The summed E-state index contributed by atoms with van der Waals surface area (Å²) in [7, 11) is 5.54. The Labute approximate surface area is 238 Å². The highest BCUT2D eigenvalue weighted by molar-refractivity contribution is 9.10. The van der Waals surface area contributed by atoms with Crippen LogP contribution in [0.3, 0.4) is 0 Å². The number of amides is 1. The molecule has 198 valence electrons. The van der Waals surface area contributed by atoms with Crippen molar-refractivity contribution < 1.29 is 9.53 Å². The Morgan fingerprint density at radius 2 is 1.87 bits per heavy atom. The van der Waals surface area contributed by atoms with Crippen LogP contribution in [0.15, 0.2) is 98.3 Å². The Morgan fingerprint density at radius 3 is 2.56 bits per heavy atom. The molecule has 1 aromatic heterocycles. The number of nitrogens with one attached hydrogen (secondary N) is 1. The molecule has 2 heterocycles. The minimum atomic E-state index is -0.676. The second-order valence-corrected chi connectivity index (χ2v) is 11.1. The van der Waals surface area contributed by atoms with Crippen molar-refractivity contribution in [2.75, 3.05) is 31.4 Å². The minimum Gasteiger partial charge on any atom is -0.497 e. The van der Waals surface area contributed by atoms with Crippen molar-refractivity contribution in [3.63, 3.8) is 0 Å². The number of nitrogens with zero attached hydrogens (tertiary/aromatic N) is 3. The summed E-state index contributed by atoms with van der Waals surface area (Å²) >= 11 is 4.93. The van der Waals surface area contributed by atoms with Crippen LogP contribution in [0.4, 0.5) is 11.4 Å². The fraction of sp³-hybridized carbons (Fsp3) is 0.167. The number of methoxy groups -OCH3 is 1. The van der Waals surface area contributed by atoms with Gasteiger partial charge in [-0.2, -0.15) is 0 Å². The Bertz CT molecular complexity index is 1770. The minimum absolute atomic E-state index is 0.211. The van der Waals surface area contributed by atoms with Crippen LogP contribution >= 0.6 is 27.3 Å². The first-order valence-corrected chi connectivity index (χ1v) is 13.9. The van der Waals surface area contributed by atoms with E-state index in [4.69, 9.17) is 9.73 Å². The van der Waals surface area contributed by atoms with Gasteiger partial charge in [0.05, 0.1) is 34.6 Å². The largest absolute Gasteiger partial charge is 0.497 e. The van der Waals surface area contributed by atoms with E-state index in [9.17, 15) is 9.59 Å². The van der Waals surface area contributed by atoms with Crippen molar-refractivity contribution in [3.8, 4) is 5.75 Å². The van der Waals surface area contributed by atoms with Crippen LogP contribution < -0.4 is 29.8 Å². The number of carbonyl (C=O) groups excluding carboxylic acids is 1. The number of carbonyl (C=O) groups is 1. The molecule has 7 nitrogen and oxygen atoms in total. The van der Waals surface area contributed by atoms with Crippen molar-refractivity contribution in [3.05, 3.63) is 119 Å². The number of hydrogen-bond acceptors (Lipinski definition) is 6. The van der Waals surface area contributed by atoms with E-state index in [0.717, 1.165) is 21.3 Å². The van der Waals surface area contributed by atoms with Crippen molar-refractivity contribution in [1.29, 1.82) is 0 Å². The number of para-hydroxylation sites is 1. The van der Waals surface area contributed by atoms with Crippen LogP contribution in [0, 0.1) is 0 Å². The van der Waals surface area contributed by atoms with Gasteiger partial charge in [0.1, 0.15) is 5.75 Å². The van der Waals surface area contributed by atoms with Crippen LogP contribution in [0.2, 0.25) is 0 Å². The molecular formula is C30H27BrN4O3S. The van der Waals surface area contributed by atoms with E-state index < -0.39 is 6.04 Å². The molecule has 0 bridgehead atoms. The molecule has 0 saturated carbocycles. The summed E-state index contributed by atoms with van der Waals surface area (Å²) in [5, 5.41) is 2.97. The highest BCUT2D eigenvalue weighted by Gasteiger charge is 2.32. The van der Waals surface area contributed by atoms with Crippen LogP contribution in [0.5, 0.6) is 5.75 Å². The number of rotatable bonds is 6. The van der Waals surface area contributed by atoms with Gasteiger partial charge in [-0.3, -0.25) is 14.2 Å². The van der Waals surface area contributed by atoms with Crippen LogP contribution in [-0.2, 0) is 4.79 Å². The highest BCUT2D eigenvalue weighted by Crippen LogP contribution is 2.32. The zero-order valence-corrected chi connectivity index (χ0v) is 24.3. The van der Waals surface area contributed by atoms with Gasteiger partial charge in [0.2, 0.25) is 0 Å². The van der Waals surface area contributed by atoms with Gasteiger partial charge in [-0.1, -0.05) is 47.7 Å². The molecule has 1 N–H and O–H groups in total. The first kappa shape index (κ1) is 26.6. The predicted molar refractivity (Wildman–Crippen MR) is 160 cm³/mol. The maximum absolute atomic E-state index is 13.9.